The Kier molecular flexibility index (Phi) is 4.76. The highest BCUT2D eigenvalue weighted by atomic mass is 16.3. The highest BCUT2D eigenvalue weighted by Gasteiger charge is 2.36. The van der Waals surface area contributed by atoms with Crippen molar-refractivity contribution in [1.29, 1.82) is 0 Å². The van der Waals surface area contributed by atoms with Crippen LogP contribution < -0.4 is 5.32 Å². The van der Waals surface area contributed by atoms with Gasteiger partial charge in [-0.25, -0.2) is 0 Å². The lowest BCUT2D eigenvalue weighted by Gasteiger charge is -2.13. The molecule has 2 heterocycles. The fraction of sp³-hybridized carbons (Fsp3) is 0.174. The van der Waals surface area contributed by atoms with Crippen LogP contribution in [0.15, 0.2) is 65.3 Å². The molecule has 0 bridgehead atoms. The van der Waals surface area contributed by atoms with Crippen molar-refractivity contribution in [3.63, 3.8) is 0 Å². The molecule has 1 aliphatic rings. The maximum absolute atomic E-state index is 12.8. The third-order valence-corrected chi connectivity index (χ3v) is 4.96. The zero-order valence-electron chi connectivity index (χ0n) is 16.1. The molecule has 6 nitrogen and oxygen atoms in total. The van der Waals surface area contributed by atoms with E-state index in [0.29, 0.717) is 16.9 Å². The summed E-state index contributed by atoms with van der Waals surface area (Å²) in [6.45, 7) is 4.17. The van der Waals surface area contributed by atoms with Gasteiger partial charge in [-0.2, -0.15) is 0 Å². The van der Waals surface area contributed by atoms with E-state index in [1.165, 1.54) is 18.4 Å². The van der Waals surface area contributed by atoms with Crippen molar-refractivity contribution in [3.05, 3.63) is 88.9 Å². The molecule has 6 heteroatoms. The van der Waals surface area contributed by atoms with E-state index in [4.69, 9.17) is 4.42 Å². The molecule has 146 valence electrons. The normalized spacial score (nSPS) is 13.1. The topological polar surface area (TPSA) is 79.6 Å². The fourth-order valence-corrected chi connectivity index (χ4v) is 3.44. The van der Waals surface area contributed by atoms with E-state index in [1.807, 2.05) is 24.3 Å². The number of anilines is 1. The molecule has 0 fully saturated rings. The number of imide groups is 1. The van der Waals surface area contributed by atoms with Gasteiger partial charge in [0.25, 0.3) is 17.7 Å². The van der Waals surface area contributed by atoms with Crippen LogP contribution in [0.4, 0.5) is 5.69 Å². The van der Waals surface area contributed by atoms with Crippen LogP contribution in [0.5, 0.6) is 0 Å². The summed E-state index contributed by atoms with van der Waals surface area (Å²) in [6, 6.07) is 15.6. The van der Waals surface area contributed by atoms with Gasteiger partial charge in [-0.05, 0) is 47.9 Å². The van der Waals surface area contributed by atoms with Crippen LogP contribution in [-0.4, -0.2) is 22.6 Å². The van der Waals surface area contributed by atoms with Crippen molar-refractivity contribution < 1.29 is 18.8 Å². The third-order valence-electron chi connectivity index (χ3n) is 4.96. The Morgan fingerprint density at radius 2 is 1.76 bits per heavy atom. The average molecular weight is 388 g/mol. The molecule has 0 saturated carbocycles. The van der Waals surface area contributed by atoms with Gasteiger partial charge in [0.05, 0.1) is 23.9 Å². The van der Waals surface area contributed by atoms with E-state index in [0.717, 1.165) is 16.2 Å². The first-order valence-electron chi connectivity index (χ1n) is 9.38. The molecule has 0 unspecified atom stereocenters. The molecule has 1 aliphatic heterocycles. The van der Waals surface area contributed by atoms with Crippen LogP contribution in [0.25, 0.3) is 0 Å². The Morgan fingerprint density at radius 3 is 2.48 bits per heavy atom. The molecule has 3 amide bonds. The van der Waals surface area contributed by atoms with Gasteiger partial charge >= 0.3 is 0 Å². The van der Waals surface area contributed by atoms with Crippen LogP contribution in [0, 0.1) is 0 Å². The van der Waals surface area contributed by atoms with Gasteiger partial charge < -0.3 is 9.73 Å². The summed E-state index contributed by atoms with van der Waals surface area (Å²) in [5, 5.41) is 2.91. The predicted molar refractivity (Wildman–Crippen MR) is 108 cm³/mol. The number of hydrogen-bond donors (Lipinski definition) is 1. The molecule has 3 aromatic rings. The van der Waals surface area contributed by atoms with Crippen LogP contribution in [-0.2, 0) is 6.54 Å². The van der Waals surface area contributed by atoms with Crippen molar-refractivity contribution in [1.82, 2.24) is 4.90 Å². The SMILES string of the molecule is CC(C)c1ccccc1NC(=O)c1ccc2c(c1)C(=O)N(Cc1ccco1)C2=O. The monoisotopic (exact) mass is 388 g/mol. The molecule has 0 saturated heterocycles. The number of hydrogen-bond acceptors (Lipinski definition) is 4. The lowest BCUT2D eigenvalue weighted by Crippen LogP contribution is -2.28. The molecule has 0 spiro atoms. The number of furan rings is 1. The van der Waals surface area contributed by atoms with E-state index in [-0.39, 0.29) is 23.9 Å². The van der Waals surface area contributed by atoms with Gasteiger partial charge in [-0.1, -0.05) is 32.0 Å². The van der Waals surface area contributed by atoms with Crippen molar-refractivity contribution in [2.75, 3.05) is 5.32 Å². The van der Waals surface area contributed by atoms with Crippen molar-refractivity contribution in [2.24, 2.45) is 0 Å². The largest absolute Gasteiger partial charge is 0.467 e. The van der Waals surface area contributed by atoms with Crippen molar-refractivity contribution in [2.45, 2.75) is 26.3 Å². The number of carbonyl (C=O) groups excluding carboxylic acids is 3. The molecule has 29 heavy (non-hydrogen) atoms. The summed E-state index contributed by atoms with van der Waals surface area (Å²) in [5.74, 6) is -0.383. The summed E-state index contributed by atoms with van der Waals surface area (Å²) in [6.07, 6.45) is 1.49. The van der Waals surface area contributed by atoms with Gasteiger partial charge in [0.2, 0.25) is 0 Å². The average Bonchev–Trinajstić information content (AvgIpc) is 3.31. The first kappa shape index (κ1) is 18.7. The quantitative estimate of drug-likeness (QED) is 0.655. The van der Waals surface area contributed by atoms with Gasteiger partial charge in [0.1, 0.15) is 5.76 Å². The molecule has 1 N–H and O–H groups in total. The van der Waals surface area contributed by atoms with E-state index in [1.54, 1.807) is 18.2 Å². The summed E-state index contributed by atoms with van der Waals surface area (Å²) in [7, 11) is 0. The first-order valence-corrected chi connectivity index (χ1v) is 9.38. The maximum Gasteiger partial charge on any atom is 0.261 e. The summed E-state index contributed by atoms with van der Waals surface area (Å²) in [5.41, 5.74) is 2.60. The zero-order chi connectivity index (χ0) is 20.5. The smallest absolute Gasteiger partial charge is 0.261 e. The Bertz CT molecular complexity index is 1100. The van der Waals surface area contributed by atoms with Gasteiger partial charge in [-0.3, -0.25) is 19.3 Å². The number of fused-ring (bicyclic) bond motifs is 1. The Labute approximate surface area is 168 Å². The minimum absolute atomic E-state index is 0.0582. The number of amides is 3. The highest BCUT2D eigenvalue weighted by Crippen LogP contribution is 2.27. The van der Waals surface area contributed by atoms with Crippen LogP contribution in [0.3, 0.4) is 0 Å². The summed E-state index contributed by atoms with van der Waals surface area (Å²) in [4.78, 5) is 39.2. The van der Waals surface area contributed by atoms with E-state index < -0.39 is 11.8 Å². The summed E-state index contributed by atoms with van der Waals surface area (Å²) >= 11 is 0. The van der Waals surface area contributed by atoms with Crippen molar-refractivity contribution >= 4 is 23.4 Å². The molecule has 0 radical (unpaired) electrons. The first-order chi connectivity index (χ1) is 14.0. The molecule has 0 aliphatic carbocycles. The third kappa shape index (κ3) is 3.45. The Hall–Kier alpha value is -3.67. The lowest BCUT2D eigenvalue weighted by molar-refractivity contribution is 0.0631. The minimum Gasteiger partial charge on any atom is -0.467 e. The van der Waals surface area contributed by atoms with Crippen LogP contribution >= 0.6 is 0 Å². The standard InChI is InChI=1S/C23H20N2O4/c1-14(2)17-7-3-4-8-20(17)24-21(26)15-9-10-18-19(12-15)23(28)25(22(18)27)13-16-6-5-11-29-16/h3-12,14H,13H2,1-2H3,(H,24,26). The molecule has 4 rings (SSSR count). The molecule has 0 atom stereocenters. The number of carbonyl (C=O) groups is 3. The van der Waals surface area contributed by atoms with Gasteiger partial charge in [0.15, 0.2) is 0 Å². The molecular weight excluding hydrogens is 368 g/mol. The van der Waals surface area contributed by atoms with E-state index in [9.17, 15) is 14.4 Å². The zero-order valence-corrected chi connectivity index (χ0v) is 16.1. The number of rotatable bonds is 5. The molecule has 2 aromatic carbocycles. The molecule has 1 aromatic heterocycles. The maximum atomic E-state index is 12.8. The fourth-order valence-electron chi connectivity index (χ4n) is 3.44. The number of benzene rings is 2. The van der Waals surface area contributed by atoms with Crippen molar-refractivity contribution in [3.8, 4) is 0 Å². The van der Waals surface area contributed by atoms with Crippen LogP contribution in [0.1, 0.15) is 62.2 Å². The van der Waals surface area contributed by atoms with Gasteiger partial charge in [-0.15, -0.1) is 0 Å². The Morgan fingerprint density at radius 1 is 1.00 bits per heavy atom. The Balaban J connectivity index is 1.58. The molecular formula is C23H20N2O4. The van der Waals surface area contributed by atoms with Gasteiger partial charge in [0, 0.05) is 11.3 Å². The highest BCUT2D eigenvalue weighted by molar-refractivity contribution is 6.22. The number of nitrogens with one attached hydrogen (secondary N) is 1. The predicted octanol–water partition coefficient (Wildman–Crippen LogP) is 4.45. The second-order valence-corrected chi connectivity index (χ2v) is 7.23. The van der Waals surface area contributed by atoms with E-state index >= 15 is 0 Å². The van der Waals surface area contributed by atoms with E-state index in [2.05, 4.69) is 19.2 Å². The summed E-state index contributed by atoms with van der Waals surface area (Å²) < 4.78 is 5.24. The second-order valence-electron chi connectivity index (χ2n) is 7.23. The van der Waals surface area contributed by atoms with Crippen LogP contribution in [0.2, 0.25) is 0 Å². The lowest BCUT2D eigenvalue weighted by atomic mass is 10.0. The minimum atomic E-state index is -0.432. The second kappa shape index (κ2) is 7.39. The number of nitrogens with zero attached hydrogens (tertiary/aromatic N) is 1. The number of para-hydroxylation sites is 1.